The third-order valence-electron chi connectivity index (χ3n) is 2.56. The molecule has 17 heavy (non-hydrogen) atoms. The first-order valence-corrected chi connectivity index (χ1v) is 5.15. The van der Waals surface area contributed by atoms with Crippen LogP contribution >= 0.6 is 0 Å². The Kier molecular flexibility index (Phi) is 3.00. The van der Waals surface area contributed by atoms with E-state index >= 15 is 0 Å². The van der Waals surface area contributed by atoms with Gasteiger partial charge in [-0.2, -0.15) is 0 Å². The van der Waals surface area contributed by atoms with E-state index in [9.17, 15) is 13.6 Å². The molecule has 0 saturated carbocycles. The zero-order chi connectivity index (χ0) is 12.4. The number of carbonyl (C=O) groups excluding carboxylic acids is 1. The third kappa shape index (κ3) is 2.09. The average molecular weight is 232 g/mol. The molecule has 0 aliphatic rings. The minimum absolute atomic E-state index is 0.187. The van der Waals surface area contributed by atoms with Gasteiger partial charge in [0.25, 0.3) is 0 Å². The number of aryl methyl sites for hydroxylation is 1. The van der Waals surface area contributed by atoms with Crippen LogP contribution in [0.2, 0.25) is 0 Å². The van der Waals surface area contributed by atoms with E-state index in [2.05, 4.69) is 0 Å². The molecule has 0 fully saturated rings. The minimum Gasteiger partial charge on any atom is -0.288 e. The summed E-state index contributed by atoms with van der Waals surface area (Å²) in [6, 6.07) is 10.9. The van der Waals surface area contributed by atoms with Crippen LogP contribution in [0.5, 0.6) is 0 Å². The van der Waals surface area contributed by atoms with Crippen LogP contribution in [0.25, 0.3) is 0 Å². The van der Waals surface area contributed by atoms with Gasteiger partial charge in [0, 0.05) is 5.56 Å². The molecule has 2 rings (SSSR count). The molecule has 0 N–H and O–H groups in total. The topological polar surface area (TPSA) is 17.1 Å². The number of benzene rings is 2. The Morgan fingerprint density at radius 3 is 2.24 bits per heavy atom. The summed E-state index contributed by atoms with van der Waals surface area (Å²) in [5.74, 6) is -2.56. The number of hydrogen-bond acceptors (Lipinski definition) is 1. The van der Waals surface area contributed by atoms with Gasteiger partial charge >= 0.3 is 0 Å². The summed E-state index contributed by atoms with van der Waals surface area (Å²) in [5, 5.41) is 0. The molecule has 0 unspecified atom stereocenters. The molecule has 0 amide bonds. The fourth-order valence-corrected chi connectivity index (χ4v) is 1.57. The Hall–Kier alpha value is -2.03. The van der Waals surface area contributed by atoms with Crippen LogP contribution in [0.15, 0.2) is 42.5 Å². The van der Waals surface area contributed by atoms with E-state index in [4.69, 9.17) is 0 Å². The van der Waals surface area contributed by atoms with Crippen LogP contribution in [-0.4, -0.2) is 5.78 Å². The average Bonchev–Trinajstić information content (AvgIpc) is 2.36. The number of carbonyl (C=O) groups is 1. The first-order chi connectivity index (χ1) is 8.11. The molecule has 3 heteroatoms. The molecule has 0 bridgehead atoms. The van der Waals surface area contributed by atoms with Crippen LogP contribution in [0.1, 0.15) is 21.5 Å². The third-order valence-corrected chi connectivity index (χ3v) is 2.56. The molecule has 0 aliphatic heterocycles. The van der Waals surface area contributed by atoms with Crippen LogP contribution in [0, 0.1) is 18.6 Å². The van der Waals surface area contributed by atoms with Crippen molar-refractivity contribution in [2.75, 3.05) is 0 Å². The van der Waals surface area contributed by atoms with Crippen molar-refractivity contribution >= 4 is 5.78 Å². The van der Waals surface area contributed by atoms with Gasteiger partial charge in [-0.05, 0) is 18.6 Å². The van der Waals surface area contributed by atoms with E-state index in [-0.39, 0.29) is 11.1 Å². The molecule has 0 spiro atoms. The van der Waals surface area contributed by atoms with Crippen molar-refractivity contribution in [2.45, 2.75) is 6.92 Å². The van der Waals surface area contributed by atoms with Gasteiger partial charge in [0.05, 0.1) is 5.56 Å². The fraction of sp³-hybridized carbons (Fsp3) is 0.0714. The van der Waals surface area contributed by atoms with Crippen molar-refractivity contribution < 1.29 is 13.6 Å². The normalized spacial score (nSPS) is 10.3. The van der Waals surface area contributed by atoms with Gasteiger partial charge in [0.2, 0.25) is 0 Å². The SMILES string of the molecule is Cc1ccc(C(=O)c2ccccc2)c(F)c1F. The van der Waals surface area contributed by atoms with Crippen LogP contribution < -0.4 is 0 Å². The second-order valence-electron chi connectivity index (χ2n) is 3.75. The van der Waals surface area contributed by atoms with E-state index in [1.165, 1.54) is 19.1 Å². The lowest BCUT2D eigenvalue weighted by Crippen LogP contribution is -2.06. The summed E-state index contributed by atoms with van der Waals surface area (Å²) in [5.41, 5.74) is 0.293. The molecule has 0 aromatic heterocycles. The second kappa shape index (κ2) is 4.45. The van der Waals surface area contributed by atoms with E-state index in [1.54, 1.807) is 30.3 Å². The maximum Gasteiger partial charge on any atom is 0.196 e. The lowest BCUT2D eigenvalue weighted by Gasteiger charge is -2.05. The maximum absolute atomic E-state index is 13.6. The van der Waals surface area contributed by atoms with Gasteiger partial charge in [0.15, 0.2) is 17.4 Å². The molecule has 1 nitrogen and oxygen atoms in total. The van der Waals surface area contributed by atoms with E-state index in [0.29, 0.717) is 5.56 Å². The quantitative estimate of drug-likeness (QED) is 0.724. The van der Waals surface area contributed by atoms with Crippen LogP contribution in [0.4, 0.5) is 8.78 Å². The van der Waals surface area contributed by atoms with Gasteiger partial charge in [0.1, 0.15) is 0 Å². The Labute approximate surface area is 97.7 Å². The standard InChI is InChI=1S/C14H10F2O/c1-9-7-8-11(13(16)12(9)15)14(17)10-5-3-2-4-6-10/h2-8H,1H3. The summed E-state index contributed by atoms with van der Waals surface area (Å²) in [6.45, 7) is 1.45. The highest BCUT2D eigenvalue weighted by Gasteiger charge is 2.17. The minimum atomic E-state index is -1.08. The van der Waals surface area contributed by atoms with Crippen molar-refractivity contribution in [2.24, 2.45) is 0 Å². The van der Waals surface area contributed by atoms with Crippen molar-refractivity contribution in [3.8, 4) is 0 Å². The molecule has 0 heterocycles. The summed E-state index contributed by atoms with van der Waals surface area (Å²) < 4.78 is 26.9. The molecule has 0 radical (unpaired) electrons. The first kappa shape index (κ1) is 11.5. The molecule has 0 aliphatic carbocycles. The van der Waals surface area contributed by atoms with Crippen molar-refractivity contribution in [3.63, 3.8) is 0 Å². The predicted molar refractivity (Wildman–Crippen MR) is 61.0 cm³/mol. The van der Waals surface area contributed by atoms with Crippen LogP contribution in [0.3, 0.4) is 0 Å². The summed E-state index contributed by atoms with van der Waals surface area (Å²) in [7, 11) is 0. The number of halogens is 2. The zero-order valence-corrected chi connectivity index (χ0v) is 9.21. The number of hydrogen-bond donors (Lipinski definition) is 0. The Balaban J connectivity index is 2.49. The summed E-state index contributed by atoms with van der Waals surface area (Å²) in [4.78, 5) is 11.9. The first-order valence-electron chi connectivity index (χ1n) is 5.15. The van der Waals surface area contributed by atoms with Gasteiger partial charge in [-0.15, -0.1) is 0 Å². The number of ketones is 1. The lowest BCUT2D eigenvalue weighted by molar-refractivity contribution is 0.103. The van der Waals surface area contributed by atoms with Crippen LogP contribution in [-0.2, 0) is 0 Å². The summed E-state index contributed by atoms with van der Waals surface area (Å²) in [6.07, 6.45) is 0. The molecule has 2 aromatic rings. The van der Waals surface area contributed by atoms with Crippen molar-refractivity contribution in [3.05, 3.63) is 70.8 Å². The highest BCUT2D eigenvalue weighted by Crippen LogP contribution is 2.18. The molecule has 0 atom stereocenters. The van der Waals surface area contributed by atoms with Gasteiger partial charge in [-0.25, -0.2) is 8.78 Å². The Morgan fingerprint density at radius 2 is 1.59 bits per heavy atom. The van der Waals surface area contributed by atoms with Gasteiger partial charge in [-0.3, -0.25) is 4.79 Å². The van der Waals surface area contributed by atoms with Gasteiger partial charge < -0.3 is 0 Å². The molecular weight excluding hydrogens is 222 g/mol. The molecular formula is C14H10F2O. The Morgan fingerprint density at radius 1 is 0.941 bits per heavy atom. The predicted octanol–water partition coefficient (Wildman–Crippen LogP) is 3.50. The van der Waals surface area contributed by atoms with Gasteiger partial charge in [-0.1, -0.05) is 36.4 Å². The smallest absolute Gasteiger partial charge is 0.196 e. The maximum atomic E-state index is 13.6. The van der Waals surface area contributed by atoms with Crippen molar-refractivity contribution in [1.29, 1.82) is 0 Å². The van der Waals surface area contributed by atoms with E-state index in [0.717, 1.165) is 0 Å². The fourth-order valence-electron chi connectivity index (χ4n) is 1.57. The Bertz CT molecular complexity index is 562. The number of rotatable bonds is 2. The summed E-state index contributed by atoms with van der Waals surface area (Å²) >= 11 is 0. The second-order valence-corrected chi connectivity index (χ2v) is 3.75. The highest BCUT2D eigenvalue weighted by atomic mass is 19.2. The lowest BCUT2D eigenvalue weighted by atomic mass is 10.0. The molecule has 2 aromatic carbocycles. The van der Waals surface area contributed by atoms with E-state index in [1.807, 2.05) is 0 Å². The monoisotopic (exact) mass is 232 g/mol. The highest BCUT2D eigenvalue weighted by molar-refractivity contribution is 6.09. The molecule has 86 valence electrons. The largest absolute Gasteiger partial charge is 0.288 e. The van der Waals surface area contributed by atoms with E-state index < -0.39 is 17.4 Å². The molecule has 0 saturated heterocycles. The zero-order valence-electron chi connectivity index (χ0n) is 9.21. The van der Waals surface area contributed by atoms with Crippen molar-refractivity contribution in [1.82, 2.24) is 0 Å².